The molecule has 0 aliphatic heterocycles. The van der Waals surface area contributed by atoms with E-state index in [1.807, 2.05) is 0 Å². The Labute approximate surface area is 220 Å². The van der Waals surface area contributed by atoms with Gasteiger partial charge in [0.2, 0.25) is 17.7 Å². The molecule has 4 atom stereocenters. The lowest BCUT2D eigenvalue weighted by Crippen LogP contribution is -2.58. The Kier molecular flexibility index (Phi) is 13.2. The lowest BCUT2D eigenvalue weighted by molar-refractivity contribution is -0.143. The van der Waals surface area contributed by atoms with Crippen LogP contribution in [0.1, 0.15) is 38.7 Å². The molecular weight excluding hydrogens is 498 g/mol. The second-order valence-electron chi connectivity index (χ2n) is 9.03. The fourth-order valence-corrected chi connectivity index (χ4v) is 3.32. The summed E-state index contributed by atoms with van der Waals surface area (Å²) in [6.45, 7) is 3.59. The minimum Gasteiger partial charge on any atom is -0.481 e. The highest BCUT2D eigenvalue weighted by Gasteiger charge is 2.32. The Morgan fingerprint density at radius 1 is 0.868 bits per heavy atom. The maximum absolute atomic E-state index is 13.2. The van der Waals surface area contributed by atoms with Crippen molar-refractivity contribution in [2.24, 2.45) is 28.1 Å². The molecule has 0 bridgehead atoms. The van der Waals surface area contributed by atoms with E-state index in [-0.39, 0.29) is 37.7 Å². The number of benzene rings is 1. The number of nitrogens with one attached hydrogen (secondary N) is 3. The molecule has 0 fully saturated rings. The van der Waals surface area contributed by atoms with E-state index in [0.717, 1.165) is 0 Å². The SMILES string of the molecule is CC(C)C(N)C(=O)NC(Cc1ccccc1)C(=O)NC(CC(=O)O)C(=O)NC(CCCN=C(N)N)C(=O)O. The van der Waals surface area contributed by atoms with Crippen molar-refractivity contribution in [1.29, 1.82) is 0 Å². The Balaban J connectivity index is 3.06. The predicted octanol–water partition coefficient (Wildman–Crippen LogP) is -1.72. The molecule has 0 heterocycles. The monoisotopic (exact) mass is 535 g/mol. The smallest absolute Gasteiger partial charge is 0.326 e. The van der Waals surface area contributed by atoms with Crippen molar-refractivity contribution < 1.29 is 34.2 Å². The Hall–Kier alpha value is -4.20. The number of hydrogen-bond donors (Lipinski definition) is 8. The molecular formula is C24H37N7O7. The van der Waals surface area contributed by atoms with Gasteiger partial charge in [0.05, 0.1) is 12.5 Å². The number of aliphatic carboxylic acids is 2. The quantitative estimate of drug-likeness (QED) is 0.0675. The topological polar surface area (TPSA) is 252 Å². The van der Waals surface area contributed by atoms with E-state index in [1.54, 1.807) is 44.2 Å². The molecule has 1 rings (SSSR count). The number of carboxylic acids is 2. The summed E-state index contributed by atoms with van der Waals surface area (Å²) in [5.41, 5.74) is 17.1. The first-order valence-electron chi connectivity index (χ1n) is 12.0. The van der Waals surface area contributed by atoms with Gasteiger partial charge in [0.1, 0.15) is 18.1 Å². The van der Waals surface area contributed by atoms with Gasteiger partial charge in [-0.25, -0.2) is 4.79 Å². The van der Waals surface area contributed by atoms with Gasteiger partial charge < -0.3 is 43.4 Å². The molecule has 0 aromatic heterocycles. The number of hydrogen-bond acceptors (Lipinski definition) is 7. The molecule has 3 amide bonds. The van der Waals surface area contributed by atoms with E-state index in [9.17, 15) is 34.2 Å². The van der Waals surface area contributed by atoms with Crippen LogP contribution in [0.15, 0.2) is 35.3 Å². The lowest BCUT2D eigenvalue weighted by Gasteiger charge is -2.25. The van der Waals surface area contributed by atoms with Crippen molar-refractivity contribution in [3.05, 3.63) is 35.9 Å². The molecule has 0 spiro atoms. The van der Waals surface area contributed by atoms with Gasteiger partial charge in [-0.3, -0.25) is 24.2 Å². The minimum atomic E-state index is -1.62. The Bertz CT molecular complexity index is 997. The van der Waals surface area contributed by atoms with Gasteiger partial charge in [-0.2, -0.15) is 0 Å². The molecule has 14 nitrogen and oxygen atoms in total. The van der Waals surface area contributed by atoms with E-state index in [2.05, 4.69) is 20.9 Å². The number of nitrogens with two attached hydrogens (primary N) is 3. The van der Waals surface area contributed by atoms with Crippen LogP contribution in [0.3, 0.4) is 0 Å². The number of aliphatic imine (C=N–C) groups is 1. The Morgan fingerprint density at radius 3 is 1.95 bits per heavy atom. The largest absolute Gasteiger partial charge is 0.481 e. The second kappa shape index (κ2) is 15.8. The number of carboxylic acid groups (broad SMARTS) is 2. The highest BCUT2D eigenvalue weighted by atomic mass is 16.4. The summed E-state index contributed by atoms with van der Waals surface area (Å²) in [4.78, 5) is 65.4. The molecule has 0 aliphatic rings. The van der Waals surface area contributed by atoms with Crippen LogP contribution >= 0.6 is 0 Å². The normalized spacial score (nSPS) is 13.9. The third-order valence-electron chi connectivity index (χ3n) is 5.51. The first-order valence-corrected chi connectivity index (χ1v) is 12.0. The molecule has 11 N–H and O–H groups in total. The molecule has 0 saturated carbocycles. The van der Waals surface area contributed by atoms with E-state index in [1.165, 1.54) is 0 Å². The van der Waals surface area contributed by atoms with Crippen LogP contribution in [0, 0.1) is 5.92 Å². The first kappa shape index (κ1) is 31.8. The number of carbonyl (C=O) groups excluding carboxylic acids is 3. The summed E-state index contributed by atoms with van der Waals surface area (Å²) in [6, 6.07) is 3.63. The average molecular weight is 536 g/mol. The molecule has 210 valence electrons. The van der Waals surface area contributed by atoms with Crippen molar-refractivity contribution in [3.8, 4) is 0 Å². The van der Waals surface area contributed by atoms with Crippen LogP contribution < -0.4 is 33.2 Å². The maximum atomic E-state index is 13.2. The summed E-state index contributed by atoms with van der Waals surface area (Å²) in [5.74, 6) is -5.60. The zero-order chi connectivity index (χ0) is 28.8. The van der Waals surface area contributed by atoms with Crippen molar-refractivity contribution in [1.82, 2.24) is 16.0 Å². The minimum absolute atomic E-state index is 0.0349. The molecule has 14 heteroatoms. The van der Waals surface area contributed by atoms with Gasteiger partial charge in [-0.1, -0.05) is 44.2 Å². The molecule has 0 radical (unpaired) electrons. The molecule has 1 aromatic carbocycles. The molecule has 1 aromatic rings. The standard InChI is InChI=1S/C24H37N7O7/c1-13(2)19(25)22(36)31-16(11-14-7-4-3-5-8-14)20(34)30-17(12-18(32)33)21(35)29-15(23(37)38)9-6-10-28-24(26)27/h3-5,7-8,13,15-17,19H,6,9-12,25H2,1-2H3,(H,29,35)(H,30,34)(H,31,36)(H,32,33)(H,37,38)(H4,26,27,28). The Morgan fingerprint density at radius 2 is 1.42 bits per heavy atom. The molecule has 38 heavy (non-hydrogen) atoms. The van der Waals surface area contributed by atoms with E-state index in [0.29, 0.717) is 5.56 Å². The summed E-state index contributed by atoms with van der Waals surface area (Å²) in [7, 11) is 0. The number of carbonyl (C=O) groups is 5. The van der Waals surface area contributed by atoms with E-state index in [4.69, 9.17) is 17.2 Å². The predicted molar refractivity (Wildman–Crippen MR) is 139 cm³/mol. The summed E-state index contributed by atoms with van der Waals surface area (Å²) in [6.07, 6.45) is -0.625. The first-order chi connectivity index (χ1) is 17.8. The fourth-order valence-electron chi connectivity index (χ4n) is 3.32. The number of nitrogens with zero attached hydrogens (tertiary/aromatic N) is 1. The summed E-state index contributed by atoms with van der Waals surface area (Å²) in [5, 5.41) is 25.9. The summed E-state index contributed by atoms with van der Waals surface area (Å²) < 4.78 is 0. The van der Waals surface area contributed by atoms with Gasteiger partial charge >= 0.3 is 11.9 Å². The molecule has 4 unspecified atom stereocenters. The van der Waals surface area contributed by atoms with Crippen LogP contribution in [0.5, 0.6) is 0 Å². The fraction of sp³-hybridized carbons (Fsp3) is 0.500. The van der Waals surface area contributed by atoms with Crippen LogP contribution in [0.4, 0.5) is 0 Å². The number of guanidine groups is 1. The number of amides is 3. The third kappa shape index (κ3) is 11.7. The van der Waals surface area contributed by atoms with Gasteiger partial charge in [0.15, 0.2) is 5.96 Å². The van der Waals surface area contributed by atoms with Gasteiger partial charge in [0.25, 0.3) is 0 Å². The molecule has 0 aliphatic carbocycles. The number of rotatable bonds is 16. The van der Waals surface area contributed by atoms with Gasteiger partial charge in [-0.15, -0.1) is 0 Å². The van der Waals surface area contributed by atoms with Gasteiger partial charge in [-0.05, 0) is 24.3 Å². The summed E-state index contributed by atoms with van der Waals surface area (Å²) >= 11 is 0. The maximum Gasteiger partial charge on any atom is 0.326 e. The van der Waals surface area contributed by atoms with E-state index < -0.39 is 60.2 Å². The average Bonchev–Trinajstić information content (AvgIpc) is 2.84. The van der Waals surface area contributed by atoms with Crippen LogP contribution in [0.2, 0.25) is 0 Å². The van der Waals surface area contributed by atoms with Crippen molar-refractivity contribution in [2.45, 2.75) is 63.7 Å². The van der Waals surface area contributed by atoms with Crippen LogP contribution in [0.25, 0.3) is 0 Å². The lowest BCUT2D eigenvalue weighted by atomic mass is 10.0. The zero-order valence-electron chi connectivity index (χ0n) is 21.4. The van der Waals surface area contributed by atoms with E-state index >= 15 is 0 Å². The van der Waals surface area contributed by atoms with Gasteiger partial charge in [0, 0.05) is 13.0 Å². The van der Waals surface area contributed by atoms with Crippen LogP contribution in [-0.2, 0) is 30.4 Å². The third-order valence-corrected chi connectivity index (χ3v) is 5.51. The second-order valence-corrected chi connectivity index (χ2v) is 9.03. The van der Waals surface area contributed by atoms with Crippen molar-refractivity contribution in [3.63, 3.8) is 0 Å². The highest BCUT2D eigenvalue weighted by Crippen LogP contribution is 2.07. The highest BCUT2D eigenvalue weighted by molar-refractivity contribution is 5.95. The van der Waals surface area contributed by atoms with Crippen molar-refractivity contribution >= 4 is 35.6 Å². The zero-order valence-corrected chi connectivity index (χ0v) is 21.4. The molecule has 0 saturated heterocycles. The van der Waals surface area contributed by atoms with Crippen LogP contribution in [-0.4, -0.2) is 76.5 Å². The van der Waals surface area contributed by atoms with Crippen molar-refractivity contribution in [2.75, 3.05) is 6.54 Å².